The van der Waals surface area contributed by atoms with Crippen LogP contribution in [-0.4, -0.2) is 17.6 Å². The zero-order valence-corrected chi connectivity index (χ0v) is 8.22. The summed E-state index contributed by atoms with van der Waals surface area (Å²) in [6, 6.07) is -0.337. The lowest BCUT2D eigenvalue weighted by molar-refractivity contribution is -0.124. The zero-order chi connectivity index (χ0) is 8.97. The first-order valence-electron chi connectivity index (χ1n) is 4.66. The van der Waals surface area contributed by atoms with Crippen molar-refractivity contribution in [2.45, 2.75) is 38.1 Å². The van der Waals surface area contributed by atoms with Crippen LogP contribution in [0.5, 0.6) is 0 Å². The lowest BCUT2D eigenvalue weighted by Gasteiger charge is -2.22. The minimum Gasteiger partial charge on any atom is -0.321 e. The van der Waals surface area contributed by atoms with E-state index in [0.717, 1.165) is 12.8 Å². The van der Waals surface area contributed by atoms with Gasteiger partial charge in [-0.15, -0.1) is 0 Å². The van der Waals surface area contributed by atoms with Crippen LogP contribution in [0.4, 0.5) is 0 Å². The van der Waals surface area contributed by atoms with Crippen molar-refractivity contribution in [1.29, 1.82) is 0 Å². The molecule has 0 aromatic carbocycles. The molecule has 12 heavy (non-hydrogen) atoms. The summed E-state index contributed by atoms with van der Waals surface area (Å²) >= 11 is 4.03. The van der Waals surface area contributed by atoms with E-state index in [2.05, 4.69) is 12.6 Å². The first kappa shape index (κ1) is 10.1. The lowest BCUT2D eigenvalue weighted by Crippen LogP contribution is -2.37. The number of hydrogen-bond donors (Lipinski definition) is 2. The summed E-state index contributed by atoms with van der Waals surface area (Å²) in [6.45, 7) is 0. The molecule has 0 unspecified atom stereocenters. The third-order valence-corrected chi connectivity index (χ3v) is 2.96. The van der Waals surface area contributed by atoms with E-state index in [1.54, 1.807) is 0 Å². The van der Waals surface area contributed by atoms with E-state index in [0.29, 0.717) is 5.75 Å². The summed E-state index contributed by atoms with van der Waals surface area (Å²) in [6.07, 6.45) is 5.74. The molecule has 0 aromatic heterocycles. The van der Waals surface area contributed by atoms with Crippen molar-refractivity contribution in [3.05, 3.63) is 0 Å². The van der Waals surface area contributed by atoms with Gasteiger partial charge in [0.05, 0.1) is 6.04 Å². The highest BCUT2D eigenvalue weighted by Crippen LogP contribution is 2.24. The van der Waals surface area contributed by atoms with Crippen molar-refractivity contribution >= 4 is 18.4 Å². The van der Waals surface area contributed by atoms with Gasteiger partial charge in [0.15, 0.2) is 5.78 Å². The minimum absolute atomic E-state index is 0.227. The Morgan fingerprint density at radius 1 is 1.42 bits per heavy atom. The highest BCUT2D eigenvalue weighted by molar-refractivity contribution is 7.80. The number of carbonyl (C=O) groups excluding carboxylic acids is 1. The van der Waals surface area contributed by atoms with Crippen molar-refractivity contribution in [2.75, 3.05) is 5.75 Å². The summed E-state index contributed by atoms with van der Waals surface area (Å²) < 4.78 is 0. The van der Waals surface area contributed by atoms with Gasteiger partial charge in [-0.25, -0.2) is 0 Å². The average Bonchev–Trinajstić information content (AvgIpc) is 2.17. The molecule has 0 amide bonds. The second kappa shape index (κ2) is 4.87. The number of hydrogen-bond acceptors (Lipinski definition) is 3. The molecule has 0 heterocycles. The fourth-order valence-electron chi connectivity index (χ4n) is 1.78. The standard InChI is InChI=1S/C9H17NOS/c10-8(6-12)9(11)7-4-2-1-3-5-7/h7-8,12H,1-6,10H2/t8-/m0/s1. The molecular formula is C9H17NOS. The van der Waals surface area contributed by atoms with Crippen LogP contribution in [0.1, 0.15) is 32.1 Å². The summed E-state index contributed by atoms with van der Waals surface area (Å²) in [5.74, 6) is 0.945. The molecule has 2 N–H and O–H groups in total. The molecule has 1 aliphatic carbocycles. The highest BCUT2D eigenvalue weighted by Gasteiger charge is 2.24. The van der Waals surface area contributed by atoms with Crippen LogP contribution in [0.25, 0.3) is 0 Å². The molecule has 0 aliphatic heterocycles. The van der Waals surface area contributed by atoms with Crippen LogP contribution in [-0.2, 0) is 4.79 Å². The van der Waals surface area contributed by atoms with Gasteiger partial charge >= 0.3 is 0 Å². The van der Waals surface area contributed by atoms with E-state index in [1.807, 2.05) is 0 Å². The monoisotopic (exact) mass is 187 g/mol. The van der Waals surface area contributed by atoms with E-state index < -0.39 is 0 Å². The highest BCUT2D eigenvalue weighted by atomic mass is 32.1. The van der Waals surface area contributed by atoms with Crippen molar-refractivity contribution in [1.82, 2.24) is 0 Å². The van der Waals surface area contributed by atoms with E-state index in [1.165, 1.54) is 19.3 Å². The average molecular weight is 187 g/mol. The Hall–Kier alpha value is -0.0200. The van der Waals surface area contributed by atoms with E-state index in [-0.39, 0.29) is 17.7 Å². The molecule has 1 rings (SSSR count). The molecule has 1 saturated carbocycles. The fraction of sp³-hybridized carbons (Fsp3) is 0.889. The smallest absolute Gasteiger partial charge is 0.153 e. The van der Waals surface area contributed by atoms with Gasteiger partial charge in [0.25, 0.3) is 0 Å². The van der Waals surface area contributed by atoms with E-state index in [4.69, 9.17) is 5.73 Å². The van der Waals surface area contributed by atoms with Crippen LogP contribution < -0.4 is 5.73 Å². The lowest BCUT2D eigenvalue weighted by atomic mass is 9.84. The largest absolute Gasteiger partial charge is 0.321 e. The number of nitrogens with two attached hydrogens (primary N) is 1. The Labute approximate surface area is 79.3 Å². The van der Waals surface area contributed by atoms with Crippen LogP contribution in [0, 0.1) is 5.92 Å². The quantitative estimate of drug-likeness (QED) is 0.656. The van der Waals surface area contributed by atoms with Crippen molar-refractivity contribution < 1.29 is 4.79 Å². The minimum atomic E-state index is -0.337. The van der Waals surface area contributed by atoms with Crippen LogP contribution >= 0.6 is 12.6 Å². The van der Waals surface area contributed by atoms with Crippen molar-refractivity contribution in [3.8, 4) is 0 Å². The van der Waals surface area contributed by atoms with E-state index >= 15 is 0 Å². The Balaban J connectivity index is 2.39. The molecule has 1 fully saturated rings. The van der Waals surface area contributed by atoms with Gasteiger partial charge in [-0.1, -0.05) is 19.3 Å². The first-order chi connectivity index (χ1) is 5.75. The second-order valence-electron chi connectivity index (χ2n) is 3.53. The Bertz CT molecular complexity index is 155. The fourth-order valence-corrected chi connectivity index (χ4v) is 1.96. The zero-order valence-electron chi connectivity index (χ0n) is 7.33. The van der Waals surface area contributed by atoms with Gasteiger partial charge in [-0.3, -0.25) is 4.79 Å². The molecule has 0 aromatic rings. The normalized spacial score (nSPS) is 22.2. The molecule has 0 spiro atoms. The maximum Gasteiger partial charge on any atom is 0.153 e. The molecule has 3 heteroatoms. The molecule has 0 saturated heterocycles. The van der Waals surface area contributed by atoms with Gasteiger partial charge in [-0.2, -0.15) is 12.6 Å². The molecular weight excluding hydrogens is 170 g/mol. The molecule has 1 atom stereocenters. The van der Waals surface area contributed by atoms with Crippen LogP contribution in [0.3, 0.4) is 0 Å². The van der Waals surface area contributed by atoms with Crippen molar-refractivity contribution in [2.24, 2.45) is 11.7 Å². The number of carbonyl (C=O) groups is 1. The van der Waals surface area contributed by atoms with Gasteiger partial charge in [0.1, 0.15) is 0 Å². The van der Waals surface area contributed by atoms with Crippen LogP contribution in [0.2, 0.25) is 0 Å². The van der Waals surface area contributed by atoms with Gasteiger partial charge < -0.3 is 5.73 Å². The molecule has 70 valence electrons. The van der Waals surface area contributed by atoms with Crippen molar-refractivity contribution in [3.63, 3.8) is 0 Å². The van der Waals surface area contributed by atoms with Crippen LogP contribution in [0.15, 0.2) is 0 Å². The number of rotatable bonds is 3. The van der Waals surface area contributed by atoms with E-state index in [9.17, 15) is 4.79 Å². The SMILES string of the molecule is N[C@@H](CS)C(=O)C1CCCCC1. The molecule has 2 nitrogen and oxygen atoms in total. The first-order valence-corrected chi connectivity index (χ1v) is 5.29. The summed E-state index contributed by atoms with van der Waals surface area (Å²) in [5.41, 5.74) is 5.62. The van der Waals surface area contributed by atoms with Gasteiger partial charge in [0, 0.05) is 11.7 Å². The van der Waals surface area contributed by atoms with Gasteiger partial charge in [0.2, 0.25) is 0 Å². The maximum absolute atomic E-state index is 11.6. The second-order valence-corrected chi connectivity index (χ2v) is 3.89. The summed E-state index contributed by atoms with van der Waals surface area (Å²) in [5, 5.41) is 0. The summed E-state index contributed by atoms with van der Waals surface area (Å²) in [7, 11) is 0. The predicted molar refractivity (Wildman–Crippen MR) is 53.4 cm³/mol. The number of Topliss-reactive ketones (excluding diaryl/α,β-unsaturated/α-hetero) is 1. The van der Waals surface area contributed by atoms with Gasteiger partial charge in [-0.05, 0) is 12.8 Å². The summed E-state index contributed by atoms with van der Waals surface area (Å²) in [4.78, 5) is 11.6. The molecule has 0 bridgehead atoms. The Kier molecular flexibility index (Phi) is 4.09. The topological polar surface area (TPSA) is 43.1 Å². The maximum atomic E-state index is 11.6. The molecule has 0 radical (unpaired) electrons. The number of thiol groups is 1. The third kappa shape index (κ3) is 2.49. The Morgan fingerprint density at radius 3 is 2.50 bits per heavy atom. The third-order valence-electron chi connectivity index (χ3n) is 2.57. The molecule has 1 aliphatic rings. The number of ketones is 1. The Morgan fingerprint density at radius 2 is 2.00 bits per heavy atom. The predicted octanol–water partition coefficient (Wildman–Crippen LogP) is 1.39.